The van der Waals surface area contributed by atoms with E-state index < -0.39 is 10.0 Å². The Morgan fingerprint density at radius 3 is 2.33 bits per heavy atom. The summed E-state index contributed by atoms with van der Waals surface area (Å²) in [5.41, 5.74) is 0. The van der Waals surface area contributed by atoms with Crippen molar-refractivity contribution in [2.24, 2.45) is 0 Å². The topological polar surface area (TPSA) is 75.2 Å². The van der Waals surface area contributed by atoms with Crippen molar-refractivity contribution >= 4 is 33.3 Å². The fourth-order valence-electron chi connectivity index (χ4n) is 2.26. The molecule has 0 aliphatic rings. The smallest absolute Gasteiger partial charge is 0.263 e. The maximum absolute atomic E-state index is 12.3. The second-order valence-electron chi connectivity index (χ2n) is 5.33. The van der Waals surface area contributed by atoms with Gasteiger partial charge in [0.25, 0.3) is 10.0 Å². The Kier molecular flexibility index (Phi) is 6.39. The molecule has 0 saturated carbocycles. The Hall–Kier alpha value is -1.86. The molecule has 130 valence electrons. The summed E-state index contributed by atoms with van der Waals surface area (Å²) in [7, 11) is -3.74. The fourth-order valence-corrected chi connectivity index (χ4v) is 3.56. The minimum atomic E-state index is -3.74. The number of nitrogens with one attached hydrogen (secondary N) is 1. The summed E-state index contributed by atoms with van der Waals surface area (Å²) in [6.07, 6.45) is 2.01. The molecule has 0 unspecified atom stereocenters. The van der Waals surface area contributed by atoms with Gasteiger partial charge in [-0.3, -0.25) is 4.72 Å². The van der Waals surface area contributed by atoms with E-state index in [1.54, 1.807) is 24.3 Å². The van der Waals surface area contributed by atoms with Crippen molar-refractivity contribution in [1.29, 1.82) is 0 Å². The highest BCUT2D eigenvalue weighted by Crippen LogP contribution is 2.19. The molecule has 0 fully saturated rings. The first kappa shape index (κ1) is 18.5. The van der Waals surface area contributed by atoms with Gasteiger partial charge in [-0.05, 0) is 43.2 Å². The molecule has 8 heteroatoms. The molecule has 0 aliphatic carbocycles. The van der Waals surface area contributed by atoms with Gasteiger partial charge in [-0.15, -0.1) is 10.2 Å². The standard InChI is InChI=1S/C16H21ClN4O2S/c1-3-10-21(11-4-2)16-9-8-15(18-19-16)20-24(22,23)14-7-5-6-13(17)12-14/h5-9,12H,3-4,10-11H2,1-2H3,(H,18,20). The van der Waals surface area contributed by atoms with E-state index in [0.717, 1.165) is 31.7 Å². The Bertz CT molecular complexity index is 760. The van der Waals surface area contributed by atoms with Crippen molar-refractivity contribution in [1.82, 2.24) is 10.2 Å². The molecule has 24 heavy (non-hydrogen) atoms. The van der Waals surface area contributed by atoms with Crippen LogP contribution >= 0.6 is 11.6 Å². The quantitative estimate of drug-likeness (QED) is 0.771. The lowest BCUT2D eigenvalue weighted by Crippen LogP contribution is -2.26. The lowest BCUT2D eigenvalue weighted by Gasteiger charge is -2.21. The summed E-state index contributed by atoms with van der Waals surface area (Å²) in [6.45, 7) is 5.97. The SMILES string of the molecule is CCCN(CCC)c1ccc(NS(=O)(=O)c2cccc(Cl)c2)nn1. The number of benzene rings is 1. The molecule has 1 heterocycles. The van der Waals surface area contributed by atoms with Crippen LogP contribution in [-0.2, 0) is 10.0 Å². The zero-order chi connectivity index (χ0) is 17.6. The van der Waals surface area contributed by atoms with Crippen LogP contribution in [0.1, 0.15) is 26.7 Å². The molecule has 2 aromatic rings. The number of hydrogen-bond acceptors (Lipinski definition) is 5. The van der Waals surface area contributed by atoms with Gasteiger partial charge in [0, 0.05) is 18.1 Å². The third kappa shape index (κ3) is 4.82. The lowest BCUT2D eigenvalue weighted by molar-refractivity contribution is 0.601. The van der Waals surface area contributed by atoms with Crippen molar-refractivity contribution in [2.75, 3.05) is 22.7 Å². The van der Waals surface area contributed by atoms with Gasteiger partial charge in [0.1, 0.15) is 0 Å². The second-order valence-corrected chi connectivity index (χ2v) is 7.45. The van der Waals surface area contributed by atoms with Crippen molar-refractivity contribution in [3.63, 3.8) is 0 Å². The summed E-state index contributed by atoms with van der Waals surface area (Å²) in [6, 6.07) is 9.44. The summed E-state index contributed by atoms with van der Waals surface area (Å²) in [4.78, 5) is 2.21. The monoisotopic (exact) mass is 368 g/mol. The third-order valence-electron chi connectivity index (χ3n) is 3.31. The molecule has 1 N–H and O–H groups in total. The van der Waals surface area contributed by atoms with Crippen LogP contribution in [0.25, 0.3) is 0 Å². The molecule has 0 bridgehead atoms. The lowest BCUT2D eigenvalue weighted by atomic mass is 10.3. The van der Waals surface area contributed by atoms with E-state index >= 15 is 0 Å². The average molecular weight is 369 g/mol. The predicted molar refractivity (Wildman–Crippen MR) is 97.1 cm³/mol. The molecule has 0 amide bonds. The van der Waals surface area contributed by atoms with Crippen molar-refractivity contribution in [3.8, 4) is 0 Å². The first-order valence-electron chi connectivity index (χ1n) is 7.83. The van der Waals surface area contributed by atoms with Crippen LogP contribution in [0.4, 0.5) is 11.6 Å². The molecule has 1 aromatic heterocycles. The molecule has 1 aromatic carbocycles. The van der Waals surface area contributed by atoms with E-state index in [9.17, 15) is 8.42 Å². The Morgan fingerprint density at radius 2 is 1.79 bits per heavy atom. The molecule has 0 saturated heterocycles. The van der Waals surface area contributed by atoms with E-state index in [1.165, 1.54) is 12.1 Å². The summed E-state index contributed by atoms with van der Waals surface area (Å²) < 4.78 is 27.1. The largest absolute Gasteiger partial charge is 0.355 e. The van der Waals surface area contributed by atoms with Crippen molar-refractivity contribution in [3.05, 3.63) is 41.4 Å². The van der Waals surface area contributed by atoms with E-state index in [4.69, 9.17) is 11.6 Å². The van der Waals surface area contributed by atoms with Gasteiger partial charge < -0.3 is 4.90 Å². The summed E-state index contributed by atoms with van der Waals surface area (Å²) in [5, 5.41) is 8.47. The van der Waals surface area contributed by atoms with E-state index in [-0.39, 0.29) is 10.7 Å². The Morgan fingerprint density at radius 1 is 1.08 bits per heavy atom. The van der Waals surface area contributed by atoms with Gasteiger partial charge in [0.05, 0.1) is 4.90 Å². The number of rotatable bonds is 8. The number of hydrogen-bond donors (Lipinski definition) is 1. The normalized spacial score (nSPS) is 11.3. The minimum absolute atomic E-state index is 0.0828. The highest BCUT2D eigenvalue weighted by Gasteiger charge is 2.16. The Labute approximate surface area is 147 Å². The first-order chi connectivity index (χ1) is 11.5. The highest BCUT2D eigenvalue weighted by atomic mass is 35.5. The van der Waals surface area contributed by atoms with E-state index in [2.05, 4.69) is 33.7 Å². The van der Waals surface area contributed by atoms with Gasteiger partial charge in [0.15, 0.2) is 11.6 Å². The van der Waals surface area contributed by atoms with Crippen molar-refractivity contribution < 1.29 is 8.42 Å². The first-order valence-corrected chi connectivity index (χ1v) is 9.69. The summed E-state index contributed by atoms with van der Waals surface area (Å²) >= 11 is 5.84. The predicted octanol–water partition coefficient (Wildman–Crippen LogP) is 3.56. The zero-order valence-electron chi connectivity index (χ0n) is 13.7. The van der Waals surface area contributed by atoms with Crippen LogP contribution < -0.4 is 9.62 Å². The van der Waals surface area contributed by atoms with Crippen LogP contribution in [0, 0.1) is 0 Å². The Balaban J connectivity index is 2.16. The fraction of sp³-hybridized carbons (Fsp3) is 0.375. The van der Waals surface area contributed by atoms with Crippen LogP contribution in [0.2, 0.25) is 5.02 Å². The highest BCUT2D eigenvalue weighted by molar-refractivity contribution is 7.92. The molecule has 0 radical (unpaired) electrons. The van der Waals surface area contributed by atoms with Gasteiger partial charge in [-0.2, -0.15) is 0 Å². The average Bonchev–Trinajstić information content (AvgIpc) is 2.55. The molecule has 6 nitrogen and oxygen atoms in total. The second kappa shape index (κ2) is 8.30. The van der Waals surface area contributed by atoms with Gasteiger partial charge in [-0.25, -0.2) is 8.42 Å². The van der Waals surface area contributed by atoms with E-state index in [1.807, 2.05) is 0 Å². The summed E-state index contributed by atoms with van der Waals surface area (Å²) in [5.74, 6) is 0.913. The van der Waals surface area contributed by atoms with E-state index in [0.29, 0.717) is 5.02 Å². The van der Waals surface area contributed by atoms with Gasteiger partial charge >= 0.3 is 0 Å². The molecular weight excluding hydrogens is 348 g/mol. The number of nitrogens with zero attached hydrogens (tertiary/aromatic N) is 3. The molecule has 0 atom stereocenters. The van der Waals surface area contributed by atoms with Crippen LogP contribution in [0.15, 0.2) is 41.3 Å². The number of anilines is 2. The maximum atomic E-state index is 12.3. The molecular formula is C16H21ClN4O2S. The van der Waals surface area contributed by atoms with Crippen LogP contribution in [-0.4, -0.2) is 31.7 Å². The van der Waals surface area contributed by atoms with Crippen LogP contribution in [0.3, 0.4) is 0 Å². The number of sulfonamides is 1. The minimum Gasteiger partial charge on any atom is -0.355 e. The van der Waals surface area contributed by atoms with Crippen LogP contribution in [0.5, 0.6) is 0 Å². The van der Waals surface area contributed by atoms with Crippen molar-refractivity contribution in [2.45, 2.75) is 31.6 Å². The van der Waals surface area contributed by atoms with Gasteiger partial charge in [-0.1, -0.05) is 31.5 Å². The number of halogens is 1. The third-order valence-corrected chi connectivity index (χ3v) is 4.89. The molecule has 0 spiro atoms. The maximum Gasteiger partial charge on any atom is 0.263 e. The zero-order valence-corrected chi connectivity index (χ0v) is 15.3. The molecule has 2 rings (SSSR count). The van der Waals surface area contributed by atoms with Gasteiger partial charge in [0.2, 0.25) is 0 Å². The molecule has 0 aliphatic heterocycles. The number of aromatic nitrogens is 2.